The number of hydrogen-bond acceptors (Lipinski definition) is 1. The Hall–Kier alpha value is 0.140. The predicted molar refractivity (Wildman–Crippen MR) is 52.2 cm³/mol. The van der Waals surface area contributed by atoms with E-state index in [0.717, 1.165) is 16.3 Å². The van der Waals surface area contributed by atoms with Gasteiger partial charge in [-0.3, -0.25) is 4.79 Å². The number of carbonyl (C=O) groups is 1. The number of aldehydes is 1. The molecule has 0 saturated heterocycles. The van der Waals surface area contributed by atoms with E-state index in [1.165, 1.54) is 5.57 Å². The minimum absolute atomic E-state index is 0.643. The second kappa shape index (κ2) is 4.88. The van der Waals surface area contributed by atoms with Crippen LogP contribution in [0.3, 0.4) is 0 Å². The topological polar surface area (TPSA) is 17.1 Å². The van der Waals surface area contributed by atoms with Gasteiger partial charge in [-0.05, 0) is 41.9 Å². The third-order valence-corrected chi connectivity index (χ3v) is 2.40. The highest BCUT2D eigenvalue weighted by molar-refractivity contribution is 14.1. The maximum absolute atomic E-state index is 10.3. The summed E-state index contributed by atoms with van der Waals surface area (Å²) in [4.78, 5) is 10.3. The van der Waals surface area contributed by atoms with E-state index in [4.69, 9.17) is 0 Å². The van der Waals surface area contributed by atoms with E-state index in [1.54, 1.807) is 0 Å². The van der Waals surface area contributed by atoms with Gasteiger partial charge in [-0.1, -0.05) is 19.4 Å². The average molecular weight is 252 g/mol. The van der Waals surface area contributed by atoms with Crippen LogP contribution in [0, 0.1) is 5.92 Å². The molecule has 10 heavy (non-hydrogen) atoms. The van der Waals surface area contributed by atoms with E-state index in [-0.39, 0.29) is 0 Å². The highest BCUT2D eigenvalue weighted by Crippen LogP contribution is 2.17. The van der Waals surface area contributed by atoms with Crippen molar-refractivity contribution in [1.29, 1.82) is 0 Å². The average Bonchev–Trinajstić information content (AvgIpc) is 1.85. The van der Waals surface area contributed by atoms with Gasteiger partial charge in [-0.25, -0.2) is 0 Å². The molecule has 0 aliphatic heterocycles. The molecule has 0 unspecified atom stereocenters. The van der Waals surface area contributed by atoms with E-state index in [1.807, 2.05) is 6.92 Å². The van der Waals surface area contributed by atoms with E-state index in [2.05, 4.69) is 36.4 Å². The van der Waals surface area contributed by atoms with Crippen LogP contribution >= 0.6 is 22.6 Å². The van der Waals surface area contributed by atoms with Crippen LogP contribution in [0.1, 0.15) is 27.2 Å². The summed E-state index contributed by atoms with van der Waals surface area (Å²) in [6, 6.07) is 0. The summed E-state index contributed by atoms with van der Waals surface area (Å²) in [7, 11) is 0. The van der Waals surface area contributed by atoms with Crippen molar-refractivity contribution in [1.82, 2.24) is 0 Å². The lowest BCUT2D eigenvalue weighted by Crippen LogP contribution is -1.90. The molecule has 2 heteroatoms. The van der Waals surface area contributed by atoms with Crippen LogP contribution in [-0.2, 0) is 4.79 Å². The molecule has 0 atom stereocenters. The SMILES string of the molecule is C/C(CC(C)C)=C(\I)C=O. The van der Waals surface area contributed by atoms with Gasteiger partial charge in [-0.15, -0.1) is 0 Å². The van der Waals surface area contributed by atoms with Crippen LogP contribution in [0.5, 0.6) is 0 Å². The molecule has 0 spiro atoms. The number of allylic oxidation sites excluding steroid dienone is 2. The Balaban J connectivity index is 4.04. The van der Waals surface area contributed by atoms with Gasteiger partial charge in [0.25, 0.3) is 0 Å². The first-order chi connectivity index (χ1) is 4.57. The lowest BCUT2D eigenvalue weighted by Gasteiger charge is -2.04. The molecule has 58 valence electrons. The van der Waals surface area contributed by atoms with Crippen molar-refractivity contribution in [2.75, 3.05) is 0 Å². The minimum Gasteiger partial charge on any atom is -0.297 e. The Labute approximate surface area is 76.0 Å². The second-order valence-electron chi connectivity index (χ2n) is 2.84. The summed E-state index contributed by atoms with van der Waals surface area (Å²) in [6.07, 6.45) is 1.94. The lowest BCUT2D eigenvalue weighted by molar-refractivity contribution is -0.104. The largest absolute Gasteiger partial charge is 0.297 e. The first-order valence-corrected chi connectivity index (χ1v) is 4.46. The van der Waals surface area contributed by atoms with Gasteiger partial charge < -0.3 is 0 Å². The summed E-state index contributed by atoms with van der Waals surface area (Å²) in [5, 5.41) is 0. The number of rotatable bonds is 3. The van der Waals surface area contributed by atoms with Gasteiger partial charge in [0, 0.05) is 0 Å². The van der Waals surface area contributed by atoms with Crippen molar-refractivity contribution in [3.8, 4) is 0 Å². The van der Waals surface area contributed by atoms with E-state index < -0.39 is 0 Å². The third kappa shape index (κ3) is 4.04. The maximum atomic E-state index is 10.3. The van der Waals surface area contributed by atoms with Crippen LogP contribution in [0.4, 0.5) is 0 Å². The maximum Gasteiger partial charge on any atom is 0.156 e. The van der Waals surface area contributed by atoms with Crippen molar-refractivity contribution in [2.24, 2.45) is 5.92 Å². The molecular formula is C8H13IO. The van der Waals surface area contributed by atoms with Gasteiger partial charge in [0.05, 0.1) is 3.58 Å². The van der Waals surface area contributed by atoms with E-state index >= 15 is 0 Å². The molecule has 0 radical (unpaired) electrons. The monoisotopic (exact) mass is 252 g/mol. The Bertz CT molecular complexity index is 147. The Morgan fingerprint density at radius 3 is 2.40 bits per heavy atom. The van der Waals surface area contributed by atoms with Crippen LogP contribution in [0.2, 0.25) is 0 Å². The molecule has 0 aliphatic rings. The molecule has 0 amide bonds. The Morgan fingerprint density at radius 1 is 1.60 bits per heavy atom. The Morgan fingerprint density at radius 2 is 2.10 bits per heavy atom. The third-order valence-electron chi connectivity index (χ3n) is 1.23. The molecule has 0 aliphatic carbocycles. The first-order valence-electron chi connectivity index (χ1n) is 3.38. The summed E-state index contributed by atoms with van der Waals surface area (Å²) < 4.78 is 0.853. The zero-order valence-corrected chi connectivity index (χ0v) is 8.81. The van der Waals surface area contributed by atoms with Crippen molar-refractivity contribution >= 4 is 28.9 Å². The fourth-order valence-corrected chi connectivity index (χ4v) is 1.03. The molecule has 1 nitrogen and oxygen atoms in total. The summed E-state index contributed by atoms with van der Waals surface area (Å²) in [5.41, 5.74) is 1.20. The molecule has 0 heterocycles. The van der Waals surface area contributed by atoms with Gasteiger partial charge in [0.1, 0.15) is 0 Å². The van der Waals surface area contributed by atoms with Gasteiger partial charge in [0.2, 0.25) is 0 Å². The van der Waals surface area contributed by atoms with Crippen LogP contribution in [-0.4, -0.2) is 6.29 Å². The minimum atomic E-state index is 0.643. The zero-order valence-electron chi connectivity index (χ0n) is 6.65. The smallest absolute Gasteiger partial charge is 0.156 e. The van der Waals surface area contributed by atoms with Crippen molar-refractivity contribution < 1.29 is 4.79 Å². The molecule has 0 bridgehead atoms. The predicted octanol–water partition coefficient (Wildman–Crippen LogP) is 2.94. The number of carbonyl (C=O) groups excluding carboxylic acids is 1. The molecule has 0 aromatic carbocycles. The fraction of sp³-hybridized carbons (Fsp3) is 0.625. The number of halogens is 1. The van der Waals surface area contributed by atoms with Crippen molar-refractivity contribution in [3.63, 3.8) is 0 Å². The highest BCUT2D eigenvalue weighted by Gasteiger charge is 1.99. The van der Waals surface area contributed by atoms with Crippen molar-refractivity contribution in [2.45, 2.75) is 27.2 Å². The van der Waals surface area contributed by atoms with Gasteiger partial charge >= 0.3 is 0 Å². The molecule has 0 aromatic heterocycles. The molecule has 0 aromatic rings. The quantitative estimate of drug-likeness (QED) is 0.428. The fourth-order valence-electron chi connectivity index (χ4n) is 0.810. The zero-order chi connectivity index (χ0) is 8.15. The highest BCUT2D eigenvalue weighted by atomic mass is 127. The molecule has 0 N–H and O–H groups in total. The second-order valence-corrected chi connectivity index (χ2v) is 4.01. The summed E-state index contributed by atoms with van der Waals surface area (Å²) in [6.45, 7) is 6.31. The molecule has 0 rings (SSSR count). The summed E-state index contributed by atoms with van der Waals surface area (Å²) >= 11 is 2.08. The normalized spacial score (nSPS) is 13.3. The van der Waals surface area contributed by atoms with Crippen molar-refractivity contribution in [3.05, 3.63) is 9.15 Å². The first kappa shape index (κ1) is 10.1. The van der Waals surface area contributed by atoms with Crippen LogP contribution in [0.25, 0.3) is 0 Å². The molecule has 0 saturated carbocycles. The van der Waals surface area contributed by atoms with Gasteiger partial charge in [0.15, 0.2) is 6.29 Å². The number of hydrogen-bond donors (Lipinski definition) is 0. The van der Waals surface area contributed by atoms with Gasteiger partial charge in [-0.2, -0.15) is 0 Å². The Kier molecular flexibility index (Phi) is 4.95. The standard InChI is InChI=1S/C8H13IO/c1-6(2)4-7(3)8(9)5-10/h5-6H,4H2,1-3H3/b8-7+. The van der Waals surface area contributed by atoms with E-state index in [0.29, 0.717) is 5.92 Å². The lowest BCUT2D eigenvalue weighted by atomic mass is 10.0. The van der Waals surface area contributed by atoms with Crippen LogP contribution in [0.15, 0.2) is 9.15 Å². The molecule has 0 fully saturated rings. The molecular weight excluding hydrogens is 239 g/mol. The van der Waals surface area contributed by atoms with E-state index in [9.17, 15) is 4.79 Å². The summed E-state index contributed by atoms with van der Waals surface area (Å²) in [5.74, 6) is 0.643. The van der Waals surface area contributed by atoms with Crippen LogP contribution < -0.4 is 0 Å².